The van der Waals surface area contributed by atoms with E-state index in [2.05, 4.69) is 16.4 Å². The fourth-order valence-electron chi connectivity index (χ4n) is 3.41. The van der Waals surface area contributed by atoms with E-state index in [0.717, 1.165) is 29.8 Å². The average Bonchev–Trinajstić information content (AvgIpc) is 3.37. The number of furan rings is 1. The molecule has 1 saturated heterocycles. The molecule has 4 rings (SSSR count). The van der Waals surface area contributed by atoms with Crippen LogP contribution in [0.2, 0.25) is 0 Å². The highest BCUT2D eigenvalue weighted by Crippen LogP contribution is 2.22. The van der Waals surface area contributed by atoms with Crippen molar-refractivity contribution in [2.24, 2.45) is 5.92 Å². The highest BCUT2D eigenvalue weighted by atomic mass is 32.1. The number of para-hydroxylation sites is 1. The number of thiazole rings is 1. The molecule has 1 atom stereocenters. The zero-order chi connectivity index (χ0) is 18.6. The van der Waals surface area contributed by atoms with Crippen LogP contribution in [0, 0.1) is 5.92 Å². The molecule has 1 aliphatic heterocycles. The molecule has 0 aliphatic carbocycles. The van der Waals surface area contributed by atoms with Gasteiger partial charge in [-0.15, -0.1) is 11.3 Å². The molecule has 1 fully saturated rings. The molecule has 2 amide bonds. The second-order valence-corrected chi connectivity index (χ2v) is 7.83. The van der Waals surface area contributed by atoms with Gasteiger partial charge in [-0.3, -0.25) is 9.59 Å². The Morgan fingerprint density at radius 1 is 1.30 bits per heavy atom. The van der Waals surface area contributed by atoms with Crippen molar-refractivity contribution >= 4 is 33.4 Å². The van der Waals surface area contributed by atoms with E-state index in [4.69, 9.17) is 4.42 Å². The minimum atomic E-state index is -0.162. The summed E-state index contributed by atoms with van der Waals surface area (Å²) in [5.74, 6) is -0.221. The monoisotopic (exact) mass is 383 g/mol. The van der Waals surface area contributed by atoms with Gasteiger partial charge in [-0.2, -0.15) is 0 Å². The van der Waals surface area contributed by atoms with Crippen molar-refractivity contribution in [2.75, 3.05) is 19.6 Å². The van der Waals surface area contributed by atoms with Crippen LogP contribution in [0.5, 0.6) is 0 Å². The first-order valence-electron chi connectivity index (χ1n) is 9.14. The van der Waals surface area contributed by atoms with E-state index in [1.54, 1.807) is 22.3 Å². The van der Waals surface area contributed by atoms with Crippen LogP contribution >= 0.6 is 11.3 Å². The highest BCUT2D eigenvalue weighted by molar-refractivity contribution is 7.18. The van der Waals surface area contributed by atoms with Crippen LogP contribution in [0.15, 0.2) is 47.3 Å². The molecule has 0 spiro atoms. The Bertz CT molecular complexity index is 902. The lowest BCUT2D eigenvalue weighted by Crippen LogP contribution is -2.45. The quantitative estimate of drug-likeness (QED) is 0.735. The Morgan fingerprint density at radius 3 is 3.00 bits per heavy atom. The number of nitrogens with zero attached hydrogens (tertiary/aromatic N) is 2. The predicted molar refractivity (Wildman–Crippen MR) is 104 cm³/mol. The van der Waals surface area contributed by atoms with Gasteiger partial charge in [-0.05, 0) is 31.0 Å². The van der Waals surface area contributed by atoms with Crippen molar-refractivity contribution in [1.82, 2.24) is 15.2 Å². The minimum absolute atomic E-state index is 0.0146. The molecular formula is C20H21N3O3S. The Kier molecular flexibility index (Phi) is 5.20. The summed E-state index contributed by atoms with van der Waals surface area (Å²) in [6.07, 6.45) is 5.30. The molecule has 140 valence electrons. The summed E-state index contributed by atoms with van der Waals surface area (Å²) in [5.41, 5.74) is 1.54. The van der Waals surface area contributed by atoms with Gasteiger partial charge in [0.05, 0.1) is 33.0 Å². The molecule has 2 aromatic heterocycles. The fraction of sp³-hybridized carbons (Fsp3) is 0.350. The van der Waals surface area contributed by atoms with Crippen molar-refractivity contribution in [3.05, 3.63) is 53.4 Å². The zero-order valence-corrected chi connectivity index (χ0v) is 15.7. The largest absolute Gasteiger partial charge is 0.472 e. The number of carbonyl (C=O) groups is 2. The Hall–Kier alpha value is -2.67. The molecule has 0 radical (unpaired) electrons. The number of amides is 2. The van der Waals surface area contributed by atoms with Gasteiger partial charge in [-0.1, -0.05) is 12.1 Å². The van der Waals surface area contributed by atoms with Gasteiger partial charge in [0.1, 0.15) is 6.26 Å². The van der Waals surface area contributed by atoms with Crippen LogP contribution in [0.4, 0.5) is 0 Å². The molecule has 1 aliphatic rings. The second-order valence-electron chi connectivity index (χ2n) is 6.72. The number of rotatable bonds is 5. The molecular weight excluding hydrogens is 362 g/mol. The summed E-state index contributed by atoms with van der Waals surface area (Å²) in [5, 5.41) is 4.04. The van der Waals surface area contributed by atoms with Gasteiger partial charge < -0.3 is 14.6 Å². The topological polar surface area (TPSA) is 75.4 Å². The van der Waals surface area contributed by atoms with E-state index in [-0.39, 0.29) is 17.7 Å². The standard InChI is InChI=1S/C20H21N3O3S/c24-19(21-9-7-18-22-16-5-1-2-6-17(16)27-18)14-4-3-10-23(12-14)20(25)15-8-11-26-13-15/h1-2,5-6,8,11,13-14H,3-4,7,9-10,12H2,(H,21,24). The van der Waals surface area contributed by atoms with Crippen molar-refractivity contribution in [2.45, 2.75) is 19.3 Å². The molecule has 7 heteroatoms. The highest BCUT2D eigenvalue weighted by Gasteiger charge is 2.29. The van der Waals surface area contributed by atoms with Gasteiger partial charge in [0.15, 0.2) is 0 Å². The SMILES string of the molecule is O=C(NCCc1nc2ccccc2s1)C1CCCN(C(=O)c2ccoc2)C1. The Morgan fingerprint density at radius 2 is 2.19 bits per heavy atom. The van der Waals surface area contributed by atoms with Gasteiger partial charge in [0, 0.05) is 26.1 Å². The molecule has 0 bridgehead atoms. The number of hydrogen-bond donors (Lipinski definition) is 1. The summed E-state index contributed by atoms with van der Waals surface area (Å²) in [7, 11) is 0. The maximum atomic E-state index is 12.5. The Labute approximate surface area is 161 Å². The number of aromatic nitrogens is 1. The van der Waals surface area contributed by atoms with Gasteiger partial charge in [0.2, 0.25) is 5.91 Å². The van der Waals surface area contributed by atoms with E-state index >= 15 is 0 Å². The number of benzene rings is 1. The smallest absolute Gasteiger partial charge is 0.257 e. The number of carbonyl (C=O) groups excluding carboxylic acids is 2. The third kappa shape index (κ3) is 4.03. The maximum absolute atomic E-state index is 12.5. The van der Waals surface area contributed by atoms with E-state index in [0.29, 0.717) is 25.2 Å². The normalized spacial score (nSPS) is 17.2. The van der Waals surface area contributed by atoms with Gasteiger partial charge in [-0.25, -0.2) is 4.98 Å². The predicted octanol–water partition coefficient (Wildman–Crippen LogP) is 3.10. The number of fused-ring (bicyclic) bond motifs is 1. The minimum Gasteiger partial charge on any atom is -0.472 e. The number of piperidine rings is 1. The second kappa shape index (κ2) is 7.92. The van der Waals surface area contributed by atoms with E-state index < -0.39 is 0 Å². The van der Waals surface area contributed by atoms with Gasteiger partial charge in [0.25, 0.3) is 5.91 Å². The molecule has 1 N–H and O–H groups in total. The van der Waals surface area contributed by atoms with Crippen LogP contribution in [0.25, 0.3) is 10.2 Å². The molecule has 0 saturated carbocycles. The lowest BCUT2D eigenvalue weighted by Gasteiger charge is -2.31. The number of hydrogen-bond acceptors (Lipinski definition) is 5. The first-order valence-corrected chi connectivity index (χ1v) is 9.96. The van der Waals surface area contributed by atoms with Crippen molar-refractivity contribution < 1.29 is 14.0 Å². The van der Waals surface area contributed by atoms with Crippen molar-refractivity contribution in [1.29, 1.82) is 0 Å². The summed E-state index contributed by atoms with van der Waals surface area (Å²) in [4.78, 5) is 31.3. The first kappa shape index (κ1) is 17.7. The van der Waals surface area contributed by atoms with Crippen LogP contribution in [-0.2, 0) is 11.2 Å². The van der Waals surface area contributed by atoms with Crippen molar-refractivity contribution in [3.8, 4) is 0 Å². The van der Waals surface area contributed by atoms with E-state index in [1.165, 1.54) is 17.2 Å². The lowest BCUT2D eigenvalue weighted by atomic mass is 9.96. The summed E-state index contributed by atoms with van der Waals surface area (Å²) >= 11 is 1.66. The van der Waals surface area contributed by atoms with Crippen LogP contribution in [0.3, 0.4) is 0 Å². The molecule has 27 heavy (non-hydrogen) atoms. The van der Waals surface area contributed by atoms with Crippen LogP contribution in [-0.4, -0.2) is 41.3 Å². The molecule has 1 aromatic carbocycles. The third-order valence-electron chi connectivity index (χ3n) is 4.82. The molecule has 3 aromatic rings. The number of likely N-dealkylation sites (tertiary alicyclic amines) is 1. The van der Waals surface area contributed by atoms with Gasteiger partial charge >= 0.3 is 0 Å². The average molecular weight is 383 g/mol. The van der Waals surface area contributed by atoms with Crippen molar-refractivity contribution in [3.63, 3.8) is 0 Å². The summed E-state index contributed by atoms with van der Waals surface area (Å²) in [6.45, 7) is 1.70. The maximum Gasteiger partial charge on any atom is 0.257 e. The summed E-state index contributed by atoms with van der Waals surface area (Å²) < 4.78 is 6.15. The zero-order valence-electron chi connectivity index (χ0n) is 14.9. The van der Waals surface area contributed by atoms with Crippen LogP contribution in [0.1, 0.15) is 28.2 Å². The first-order chi connectivity index (χ1) is 13.2. The molecule has 1 unspecified atom stereocenters. The Balaban J connectivity index is 1.29. The molecule has 6 nitrogen and oxygen atoms in total. The van der Waals surface area contributed by atoms with E-state index in [1.807, 2.05) is 18.2 Å². The van der Waals surface area contributed by atoms with E-state index in [9.17, 15) is 9.59 Å². The summed E-state index contributed by atoms with van der Waals surface area (Å²) in [6, 6.07) is 9.70. The van der Waals surface area contributed by atoms with Crippen LogP contribution < -0.4 is 5.32 Å². The lowest BCUT2D eigenvalue weighted by molar-refractivity contribution is -0.126. The fourth-order valence-corrected chi connectivity index (χ4v) is 4.38. The molecule has 3 heterocycles. The third-order valence-corrected chi connectivity index (χ3v) is 5.92. The number of nitrogens with one attached hydrogen (secondary N) is 1.